The molecular formula is C13H17NO3. The first-order valence-corrected chi connectivity index (χ1v) is 5.62. The average Bonchev–Trinajstić information content (AvgIpc) is 2.92. The van der Waals surface area contributed by atoms with Gasteiger partial charge in [-0.3, -0.25) is 4.98 Å². The van der Waals surface area contributed by atoms with Gasteiger partial charge in [0.25, 0.3) is 0 Å². The first kappa shape index (κ1) is 12.0. The van der Waals surface area contributed by atoms with E-state index in [1.54, 1.807) is 12.1 Å². The number of carbonyl (C=O) groups is 1. The van der Waals surface area contributed by atoms with E-state index in [-0.39, 0.29) is 17.4 Å². The average molecular weight is 235 g/mol. The number of aliphatic hydroxyl groups excluding tert-OH is 1. The molecule has 2 rings (SSSR count). The summed E-state index contributed by atoms with van der Waals surface area (Å²) in [5.74, 6) is -0.392. The van der Waals surface area contributed by atoms with Crippen LogP contribution in [-0.2, 0) is 10.2 Å². The molecule has 17 heavy (non-hydrogen) atoms. The van der Waals surface area contributed by atoms with Crippen LogP contribution in [0.3, 0.4) is 0 Å². The number of hydrogen-bond donors (Lipinski definition) is 1. The van der Waals surface area contributed by atoms with Crippen molar-refractivity contribution in [2.24, 2.45) is 5.41 Å². The van der Waals surface area contributed by atoms with E-state index in [1.165, 1.54) is 13.3 Å². The Labute approximate surface area is 101 Å². The summed E-state index contributed by atoms with van der Waals surface area (Å²) in [4.78, 5) is 15.6. The minimum atomic E-state index is -0.392. The number of aromatic nitrogens is 1. The van der Waals surface area contributed by atoms with Crippen LogP contribution in [0.1, 0.15) is 36.3 Å². The quantitative estimate of drug-likeness (QED) is 0.807. The summed E-state index contributed by atoms with van der Waals surface area (Å²) in [6.45, 7) is 4.31. The van der Waals surface area contributed by atoms with Gasteiger partial charge in [-0.15, -0.1) is 0 Å². The Morgan fingerprint density at radius 1 is 1.53 bits per heavy atom. The summed E-state index contributed by atoms with van der Waals surface area (Å²) in [6.07, 6.45) is 2.42. The van der Waals surface area contributed by atoms with E-state index in [9.17, 15) is 9.90 Å². The molecule has 1 heterocycles. The number of esters is 1. The normalized spacial score (nSPS) is 25.4. The fraction of sp³-hybridized carbons (Fsp3) is 0.538. The number of carbonyl (C=O) groups excluding carboxylic acids is 1. The first-order chi connectivity index (χ1) is 7.97. The highest BCUT2D eigenvalue weighted by molar-refractivity contribution is 5.88. The topological polar surface area (TPSA) is 59.4 Å². The van der Waals surface area contributed by atoms with Crippen LogP contribution in [0.4, 0.5) is 0 Å². The molecule has 0 aromatic carbocycles. The molecule has 1 unspecified atom stereocenters. The van der Waals surface area contributed by atoms with E-state index in [1.807, 2.05) is 0 Å². The van der Waals surface area contributed by atoms with Gasteiger partial charge in [-0.05, 0) is 24.0 Å². The van der Waals surface area contributed by atoms with Crippen LogP contribution >= 0.6 is 0 Å². The first-order valence-electron chi connectivity index (χ1n) is 5.62. The van der Waals surface area contributed by atoms with Crippen molar-refractivity contribution in [3.8, 4) is 0 Å². The van der Waals surface area contributed by atoms with E-state index in [2.05, 4.69) is 23.6 Å². The van der Waals surface area contributed by atoms with Crippen LogP contribution < -0.4 is 0 Å². The monoisotopic (exact) mass is 235 g/mol. The van der Waals surface area contributed by atoms with Gasteiger partial charge in [0.15, 0.2) is 0 Å². The van der Waals surface area contributed by atoms with Crippen molar-refractivity contribution in [3.63, 3.8) is 0 Å². The SMILES string of the molecule is COC(=O)c1ccc(C2(CO)CC2(C)C)nc1. The van der Waals surface area contributed by atoms with Gasteiger partial charge in [-0.25, -0.2) is 4.79 Å². The van der Waals surface area contributed by atoms with Crippen molar-refractivity contribution < 1.29 is 14.6 Å². The lowest BCUT2D eigenvalue weighted by Crippen LogP contribution is -2.21. The lowest BCUT2D eigenvalue weighted by molar-refractivity contribution is 0.0600. The zero-order valence-corrected chi connectivity index (χ0v) is 10.4. The van der Waals surface area contributed by atoms with Gasteiger partial charge in [0.05, 0.1) is 19.3 Å². The number of rotatable bonds is 3. The van der Waals surface area contributed by atoms with Crippen LogP contribution in [0.2, 0.25) is 0 Å². The van der Waals surface area contributed by atoms with Crippen molar-refractivity contribution in [1.29, 1.82) is 0 Å². The zero-order chi connectivity index (χ0) is 12.7. The third-order valence-electron chi connectivity index (χ3n) is 3.86. The lowest BCUT2D eigenvalue weighted by Gasteiger charge is -2.17. The molecular weight excluding hydrogens is 218 g/mol. The molecule has 92 valence electrons. The van der Waals surface area contributed by atoms with E-state index in [4.69, 9.17) is 0 Å². The van der Waals surface area contributed by atoms with Crippen molar-refractivity contribution in [3.05, 3.63) is 29.6 Å². The smallest absolute Gasteiger partial charge is 0.339 e. The molecule has 1 aromatic rings. The minimum absolute atomic E-state index is 0.0710. The maximum Gasteiger partial charge on any atom is 0.339 e. The molecule has 1 aliphatic carbocycles. The fourth-order valence-corrected chi connectivity index (χ4v) is 2.41. The second kappa shape index (κ2) is 3.81. The summed E-state index contributed by atoms with van der Waals surface area (Å²) in [7, 11) is 1.34. The lowest BCUT2D eigenvalue weighted by atomic mass is 9.92. The predicted molar refractivity (Wildman–Crippen MR) is 62.7 cm³/mol. The second-order valence-corrected chi connectivity index (χ2v) is 5.22. The van der Waals surface area contributed by atoms with Crippen molar-refractivity contribution in [1.82, 2.24) is 4.98 Å². The third-order valence-corrected chi connectivity index (χ3v) is 3.86. The highest BCUT2D eigenvalue weighted by atomic mass is 16.5. The number of pyridine rings is 1. The van der Waals surface area contributed by atoms with Gasteiger partial charge in [-0.2, -0.15) is 0 Å². The summed E-state index contributed by atoms with van der Waals surface area (Å²) < 4.78 is 4.62. The molecule has 1 atom stereocenters. The number of aliphatic hydroxyl groups is 1. The van der Waals surface area contributed by atoms with E-state index < -0.39 is 5.97 Å². The molecule has 4 nitrogen and oxygen atoms in total. The molecule has 1 saturated carbocycles. The highest BCUT2D eigenvalue weighted by Crippen LogP contribution is 2.63. The molecule has 1 aromatic heterocycles. The molecule has 0 radical (unpaired) electrons. The molecule has 0 bridgehead atoms. The van der Waals surface area contributed by atoms with E-state index >= 15 is 0 Å². The Morgan fingerprint density at radius 3 is 2.53 bits per heavy atom. The summed E-state index contributed by atoms with van der Waals surface area (Å²) >= 11 is 0. The number of hydrogen-bond acceptors (Lipinski definition) is 4. The van der Waals surface area contributed by atoms with Crippen LogP contribution in [0, 0.1) is 5.41 Å². The van der Waals surface area contributed by atoms with Crippen molar-refractivity contribution in [2.45, 2.75) is 25.7 Å². The van der Waals surface area contributed by atoms with Crippen LogP contribution in [0.15, 0.2) is 18.3 Å². The Morgan fingerprint density at radius 2 is 2.18 bits per heavy atom. The molecule has 4 heteroatoms. The molecule has 1 fully saturated rings. The molecule has 0 aliphatic heterocycles. The molecule has 0 spiro atoms. The van der Waals surface area contributed by atoms with Gasteiger partial charge in [0.1, 0.15) is 0 Å². The van der Waals surface area contributed by atoms with Gasteiger partial charge < -0.3 is 9.84 Å². The molecule has 1 aliphatic rings. The Kier molecular flexibility index (Phi) is 2.70. The largest absolute Gasteiger partial charge is 0.465 e. The third kappa shape index (κ3) is 1.72. The Bertz CT molecular complexity index is 438. The van der Waals surface area contributed by atoms with Crippen LogP contribution in [-0.4, -0.2) is 29.8 Å². The number of ether oxygens (including phenoxy) is 1. The van der Waals surface area contributed by atoms with Gasteiger partial charge >= 0.3 is 5.97 Å². The molecule has 0 saturated heterocycles. The van der Waals surface area contributed by atoms with Crippen LogP contribution in [0.5, 0.6) is 0 Å². The fourth-order valence-electron chi connectivity index (χ4n) is 2.41. The van der Waals surface area contributed by atoms with E-state index in [0.717, 1.165) is 12.1 Å². The van der Waals surface area contributed by atoms with Crippen LogP contribution in [0.25, 0.3) is 0 Å². The number of methoxy groups -OCH3 is 1. The maximum absolute atomic E-state index is 11.3. The molecule has 1 N–H and O–H groups in total. The predicted octanol–water partition coefficient (Wildman–Crippen LogP) is 1.53. The Balaban J connectivity index is 2.28. The second-order valence-electron chi connectivity index (χ2n) is 5.22. The van der Waals surface area contributed by atoms with Crippen molar-refractivity contribution >= 4 is 5.97 Å². The van der Waals surface area contributed by atoms with Gasteiger partial charge in [0.2, 0.25) is 0 Å². The zero-order valence-electron chi connectivity index (χ0n) is 10.4. The van der Waals surface area contributed by atoms with Gasteiger partial charge in [-0.1, -0.05) is 13.8 Å². The highest BCUT2D eigenvalue weighted by Gasteiger charge is 2.62. The summed E-state index contributed by atoms with van der Waals surface area (Å²) in [5.41, 5.74) is 1.10. The Hall–Kier alpha value is -1.42. The van der Waals surface area contributed by atoms with Gasteiger partial charge in [0, 0.05) is 17.3 Å². The number of nitrogens with zero attached hydrogens (tertiary/aromatic N) is 1. The van der Waals surface area contributed by atoms with E-state index in [0.29, 0.717) is 5.56 Å². The minimum Gasteiger partial charge on any atom is -0.465 e. The summed E-state index contributed by atoms with van der Waals surface area (Å²) in [5, 5.41) is 9.54. The summed E-state index contributed by atoms with van der Waals surface area (Å²) in [6, 6.07) is 3.50. The standard InChI is InChI=1S/C13H17NO3/c1-12(2)7-13(12,8-15)10-5-4-9(6-14-10)11(16)17-3/h4-6,15H,7-8H2,1-3H3. The maximum atomic E-state index is 11.3. The molecule has 0 amide bonds. The van der Waals surface area contributed by atoms with Crippen molar-refractivity contribution in [2.75, 3.05) is 13.7 Å².